The average Bonchev–Trinajstić information content (AvgIpc) is 3.05. The lowest BCUT2D eigenvalue weighted by Gasteiger charge is -2.17. The fraction of sp³-hybridized carbons (Fsp3) is 0.500. The van der Waals surface area contributed by atoms with Crippen molar-refractivity contribution in [2.45, 2.75) is 27.7 Å². The van der Waals surface area contributed by atoms with Gasteiger partial charge >= 0.3 is 24.1 Å². The number of esters is 2. The number of anilines is 2. The summed E-state index contributed by atoms with van der Waals surface area (Å²) in [7, 11) is 0. The number of rotatable bonds is 20. The van der Waals surface area contributed by atoms with Gasteiger partial charge in [-0.1, -0.05) is 27.7 Å². The third-order valence-corrected chi connectivity index (χ3v) is 6.73. The summed E-state index contributed by atoms with van der Waals surface area (Å²) >= 11 is 0. The molecule has 46 heavy (non-hydrogen) atoms. The predicted octanol–water partition coefficient (Wildman–Crippen LogP) is 4.92. The van der Waals surface area contributed by atoms with Gasteiger partial charge in [0, 0.05) is 24.5 Å². The molecule has 2 N–H and O–H groups in total. The first-order valence-corrected chi connectivity index (χ1v) is 15.2. The highest BCUT2D eigenvalue weighted by Gasteiger charge is 2.11. The molecular formula is C32H47ClN4O9. The second-order valence-corrected chi connectivity index (χ2v) is 9.61. The van der Waals surface area contributed by atoms with Gasteiger partial charge in [0.15, 0.2) is 0 Å². The standard InChI is InChI=1S/C32H46N4O9.ClH/c1-5-35(6-2)17-19-42-29(37)25-9-13-27(14-10-25)33-31(39)44-23-21-41-22-24-45-32(40)34-28-15-11-26(12-16-28)30(38)43-20-18-36(7-3)8-4;/h9-16H,5-8,17-24H2,1-4H3,(H,33,39)(H,34,40);1H. The van der Waals surface area contributed by atoms with Gasteiger partial charge in [-0.2, -0.15) is 0 Å². The van der Waals surface area contributed by atoms with E-state index in [-0.39, 0.29) is 38.8 Å². The van der Waals surface area contributed by atoms with Gasteiger partial charge in [-0.15, -0.1) is 12.4 Å². The molecule has 0 radical (unpaired) electrons. The molecule has 0 bridgehead atoms. The van der Waals surface area contributed by atoms with Crippen LogP contribution in [-0.4, -0.2) is 113 Å². The highest BCUT2D eigenvalue weighted by molar-refractivity contribution is 5.92. The zero-order chi connectivity index (χ0) is 32.9. The molecule has 0 saturated carbocycles. The third kappa shape index (κ3) is 15.9. The Morgan fingerprint density at radius 2 is 0.870 bits per heavy atom. The van der Waals surface area contributed by atoms with Crippen molar-refractivity contribution >= 4 is 47.9 Å². The number of hydrogen-bond donors (Lipinski definition) is 2. The maximum atomic E-state index is 12.2. The molecular weight excluding hydrogens is 620 g/mol. The van der Waals surface area contributed by atoms with E-state index < -0.39 is 24.1 Å². The Morgan fingerprint density at radius 3 is 1.20 bits per heavy atom. The molecule has 0 unspecified atom stereocenters. The van der Waals surface area contributed by atoms with Crippen molar-refractivity contribution in [3.63, 3.8) is 0 Å². The Labute approximate surface area is 277 Å². The number of halogens is 1. The largest absolute Gasteiger partial charge is 0.461 e. The second kappa shape index (κ2) is 23.4. The van der Waals surface area contributed by atoms with Crippen LogP contribution in [0, 0.1) is 0 Å². The number of nitrogens with zero attached hydrogens (tertiary/aromatic N) is 2. The molecule has 0 aliphatic rings. The van der Waals surface area contributed by atoms with Gasteiger partial charge < -0.3 is 33.5 Å². The van der Waals surface area contributed by atoms with E-state index in [0.29, 0.717) is 48.8 Å². The number of ether oxygens (including phenoxy) is 5. The van der Waals surface area contributed by atoms with Crippen molar-refractivity contribution in [2.24, 2.45) is 0 Å². The molecule has 0 aromatic heterocycles. The highest BCUT2D eigenvalue weighted by Crippen LogP contribution is 2.12. The summed E-state index contributed by atoms with van der Waals surface area (Å²) in [6, 6.07) is 12.6. The lowest BCUT2D eigenvalue weighted by molar-refractivity contribution is 0.0457. The monoisotopic (exact) mass is 666 g/mol. The first-order chi connectivity index (χ1) is 21.8. The molecule has 0 spiro atoms. The summed E-state index contributed by atoms with van der Waals surface area (Å²) in [5.41, 5.74) is 1.69. The molecule has 2 amide bonds. The number of hydrogen-bond acceptors (Lipinski definition) is 11. The quantitative estimate of drug-likeness (QED) is 0.113. The number of benzene rings is 2. The molecule has 14 heteroatoms. The van der Waals surface area contributed by atoms with Crippen LogP contribution in [0.25, 0.3) is 0 Å². The molecule has 2 aromatic carbocycles. The molecule has 0 saturated heterocycles. The molecule has 13 nitrogen and oxygen atoms in total. The number of nitrogens with one attached hydrogen (secondary N) is 2. The Hall–Kier alpha value is -3.91. The number of likely N-dealkylation sites (N-methyl/N-ethyl adjacent to an activating group) is 2. The summed E-state index contributed by atoms with van der Waals surface area (Å²) in [5, 5.41) is 5.14. The minimum Gasteiger partial charge on any atom is -0.461 e. The molecule has 0 fully saturated rings. The second-order valence-electron chi connectivity index (χ2n) is 9.61. The lowest BCUT2D eigenvalue weighted by Crippen LogP contribution is -2.27. The van der Waals surface area contributed by atoms with E-state index in [4.69, 9.17) is 23.7 Å². The van der Waals surface area contributed by atoms with Crippen molar-refractivity contribution < 1.29 is 42.9 Å². The van der Waals surface area contributed by atoms with Gasteiger partial charge in [-0.05, 0) is 74.7 Å². The number of carbonyl (C=O) groups is 4. The van der Waals surface area contributed by atoms with E-state index in [1.165, 1.54) is 0 Å². The first-order valence-electron chi connectivity index (χ1n) is 15.2. The van der Waals surface area contributed by atoms with Crippen LogP contribution in [0.5, 0.6) is 0 Å². The third-order valence-electron chi connectivity index (χ3n) is 6.73. The van der Waals surface area contributed by atoms with Crippen molar-refractivity contribution in [3.8, 4) is 0 Å². The van der Waals surface area contributed by atoms with Crippen LogP contribution in [0.2, 0.25) is 0 Å². The molecule has 0 aliphatic heterocycles. The molecule has 0 heterocycles. The van der Waals surface area contributed by atoms with Gasteiger partial charge in [0.1, 0.15) is 26.4 Å². The topological polar surface area (TPSA) is 145 Å². The average molecular weight is 667 g/mol. The van der Waals surface area contributed by atoms with E-state index in [2.05, 4.69) is 48.1 Å². The van der Waals surface area contributed by atoms with Gasteiger partial charge in [-0.3, -0.25) is 10.6 Å². The summed E-state index contributed by atoms with van der Waals surface area (Å²) in [6.45, 7) is 13.9. The number of amides is 2. The predicted molar refractivity (Wildman–Crippen MR) is 177 cm³/mol. The van der Waals surface area contributed by atoms with Gasteiger partial charge in [0.05, 0.1) is 24.3 Å². The molecule has 2 rings (SSSR count). The summed E-state index contributed by atoms with van der Waals surface area (Å²) in [5.74, 6) is -0.853. The van der Waals surface area contributed by atoms with Crippen LogP contribution in [-0.2, 0) is 23.7 Å². The fourth-order valence-electron chi connectivity index (χ4n) is 3.96. The Balaban J connectivity index is 0.0000106. The van der Waals surface area contributed by atoms with Crippen LogP contribution >= 0.6 is 12.4 Å². The van der Waals surface area contributed by atoms with E-state index in [1.807, 2.05) is 0 Å². The molecule has 0 aliphatic carbocycles. The van der Waals surface area contributed by atoms with E-state index in [9.17, 15) is 19.2 Å². The van der Waals surface area contributed by atoms with Crippen LogP contribution in [0.4, 0.5) is 21.0 Å². The molecule has 2 aromatic rings. The van der Waals surface area contributed by atoms with Crippen molar-refractivity contribution in [1.29, 1.82) is 0 Å². The zero-order valence-electron chi connectivity index (χ0n) is 27.1. The van der Waals surface area contributed by atoms with Crippen LogP contribution in [0.3, 0.4) is 0 Å². The molecule has 256 valence electrons. The zero-order valence-corrected chi connectivity index (χ0v) is 27.9. The van der Waals surface area contributed by atoms with Gasteiger partial charge in [0.2, 0.25) is 0 Å². The lowest BCUT2D eigenvalue weighted by atomic mass is 10.2. The minimum absolute atomic E-state index is 0. The van der Waals surface area contributed by atoms with Crippen molar-refractivity contribution in [1.82, 2.24) is 9.80 Å². The Morgan fingerprint density at radius 1 is 0.522 bits per heavy atom. The van der Waals surface area contributed by atoms with Gasteiger partial charge in [-0.25, -0.2) is 19.2 Å². The van der Waals surface area contributed by atoms with Crippen molar-refractivity contribution in [3.05, 3.63) is 59.7 Å². The maximum absolute atomic E-state index is 12.2. The van der Waals surface area contributed by atoms with E-state index >= 15 is 0 Å². The number of carbonyl (C=O) groups excluding carboxylic acids is 4. The van der Waals surface area contributed by atoms with E-state index in [1.54, 1.807) is 48.5 Å². The first kappa shape index (κ1) is 40.1. The summed E-state index contributed by atoms with van der Waals surface area (Å²) < 4.78 is 26.1. The van der Waals surface area contributed by atoms with Gasteiger partial charge in [0.25, 0.3) is 0 Å². The molecule has 0 atom stereocenters. The Kier molecular flexibility index (Phi) is 20.4. The fourth-order valence-corrected chi connectivity index (χ4v) is 3.96. The summed E-state index contributed by atoms with van der Waals surface area (Å²) in [4.78, 5) is 52.7. The van der Waals surface area contributed by atoms with Crippen LogP contribution in [0.1, 0.15) is 48.4 Å². The van der Waals surface area contributed by atoms with Crippen LogP contribution < -0.4 is 10.6 Å². The van der Waals surface area contributed by atoms with Crippen LogP contribution in [0.15, 0.2) is 48.5 Å². The summed E-state index contributed by atoms with van der Waals surface area (Å²) in [6.07, 6.45) is -1.36. The highest BCUT2D eigenvalue weighted by atomic mass is 35.5. The van der Waals surface area contributed by atoms with Crippen molar-refractivity contribution in [2.75, 3.05) is 89.5 Å². The SMILES string of the molecule is CCN(CC)CCOC(=O)c1ccc(NC(=O)OCCOCCOC(=O)Nc2ccc(C(=O)OCCN(CC)CC)cc2)cc1.Cl. The minimum atomic E-state index is -0.678. The normalized spacial score (nSPS) is 10.6. The Bertz CT molecular complexity index is 1080. The maximum Gasteiger partial charge on any atom is 0.411 e. The smallest absolute Gasteiger partial charge is 0.411 e. The van der Waals surface area contributed by atoms with E-state index in [0.717, 1.165) is 26.2 Å².